The lowest BCUT2D eigenvalue weighted by Crippen LogP contribution is -2.14. The molecule has 0 aliphatic heterocycles. The topological polar surface area (TPSA) is 12.9 Å². The van der Waals surface area contributed by atoms with Crippen molar-refractivity contribution in [2.75, 3.05) is 0 Å². The highest BCUT2D eigenvalue weighted by Crippen LogP contribution is 2.12. The van der Waals surface area contributed by atoms with Crippen LogP contribution in [0.4, 0.5) is 4.39 Å². The number of rotatable bonds is 0. The molecule has 0 spiro atoms. The van der Waals surface area contributed by atoms with Crippen LogP contribution in [0.1, 0.15) is 16.8 Å². The molecular weight excluding hydrogens is 213 g/mol. The molecule has 2 aromatic rings. The van der Waals surface area contributed by atoms with Gasteiger partial charge in [-0.2, -0.15) is 0 Å². The van der Waals surface area contributed by atoms with E-state index in [2.05, 4.69) is 17.1 Å². The molecule has 17 heavy (non-hydrogen) atoms. The molecule has 84 valence electrons. The average molecular weight is 225 g/mol. The van der Waals surface area contributed by atoms with Crippen LogP contribution < -0.4 is 10.4 Å². The van der Waals surface area contributed by atoms with E-state index in [1.54, 1.807) is 6.07 Å². The van der Waals surface area contributed by atoms with Gasteiger partial charge in [0.1, 0.15) is 0 Å². The summed E-state index contributed by atoms with van der Waals surface area (Å²) in [5.41, 5.74) is 3.48. The molecule has 1 aliphatic carbocycles. The molecule has 0 amide bonds. The molecule has 1 aliphatic rings. The van der Waals surface area contributed by atoms with Gasteiger partial charge >= 0.3 is 0 Å². The Balaban J connectivity index is 2.25. The van der Waals surface area contributed by atoms with Crippen molar-refractivity contribution in [3.63, 3.8) is 0 Å². The van der Waals surface area contributed by atoms with Crippen LogP contribution in [0.25, 0.3) is 12.4 Å². The van der Waals surface area contributed by atoms with Crippen molar-refractivity contribution in [1.82, 2.24) is 4.98 Å². The molecule has 0 atom stereocenters. The van der Waals surface area contributed by atoms with Gasteiger partial charge in [-0.1, -0.05) is 18.2 Å². The SMILES string of the molecule is FC=c1ccc2c(c1)CCc1ncccc1C=2. The number of nitrogens with zero attached hydrogens (tertiary/aromatic N) is 1. The van der Waals surface area contributed by atoms with E-state index in [4.69, 9.17) is 0 Å². The number of aryl methyl sites for hydroxylation is 2. The zero-order chi connectivity index (χ0) is 11.7. The third-order valence-electron chi connectivity index (χ3n) is 3.16. The molecule has 2 heteroatoms. The monoisotopic (exact) mass is 225 g/mol. The summed E-state index contributed by atoms with van der Waals surface area (Å²) in [5, 5.41) is 1.80. The number of benzene rings is 1. The number of hydrogen-bond donors (Lipinski definition) is 0. The van der Waals surface area contributed by atoms with Crippen LogP contribution in [0.15, 0.2) is 36.5 Å². The largest absolute Gasteiger partial charge is 0.261 e. The predicted molar refractivity (Wildman–Crippen MR) is 66.5 cm³/mol. The molecule has 0 fully saturated rings. The molecule has 0 saturated carbocycles. The third kappa shape index (κ3) is 1.86. The number of halogens is 1. The molecule has 3 rings (SSSR count). The van der Waals surface area contributed by atoms with Crippen LogP contribution >= 0.6 is 0 Å². The van der Waals surface area contributed by atoms with Crippen molar-refractivity contribution in [3.8, 4) is 0 Å². The van der Waals surface area contributed by atoms with Crippen LogP contribution in [0.3, 0.4) is 0 Å². The van der Waals surface area contributed by atoms with E-state index in [-0.39, 0.29) is 0 Å². The van der Waals surface area contributed by atoms with E-state index >= 15 is 0 Å². The first kappa shape index (κ1) is 10.2. The van der Waals surface area contributed by atoms with Gasteiger partial charge in [0.2, 0.25) is 0 Å². The van der Waals surface area contributed by atoms with Gasteiger partial charge in [-0.15, -0.1) is 0 Å². The van der Waals surface area contributed by atoms with Crippen LogP contribution in [0.2, 0.25) is 0 Å². The van der Waals surface area contributed by atoms with Crippen LogP contribution in [0, 0.1) is 0 Å². The van der Waals surface area contributed by atoms with Gasteiger partial charge in [-0.25, -0.2) is 4.39 Å². The second kappa shape index (κ2) is 4.13. The van der Waals surface area contributed by atoms with Gasteiger partial charge < -0.3 is 0 Å². The van der Waals surface area contributed by atoms with Crippen LogP contribution in [-0.2, 0) is 12.8 Å². The van der Waals surface area contributed by atoms with E-state index in [9.17, 15) is 4.39 Å². The molecule has 0 unspecified atom stereocenters. The lowest BCUT2D eigenvalue weighted by Gasteiger charge is -2.00. The lowest BCUT2D eigenvalue weighted by molar-refractivity contribution is 0.797. The van der Waals surface area contributed by atoms with Crippen molar-refractivity contribution in [2.24, 2.45) is 0 Å². The standard InChI is InChI=1S/C15H12FN/c16-10-11-3-4-13-9-14-2-1-7-17-15(14)6-5-12(13)8-11/h1-4,7-10H,5-6H2. The predicted octanol–water partition coefficient (Wildman–Crippen LogP) is 1.72. The fourth-order valence-electron chi connectivity index (χ4n) is 2.26. The quantitative estimate of drug-likeness (QED) is 0.665. The fraction of sp³-hybridized carbons (Fsp3) is 0.133. The summed E-state index contributed by atoms with van der Waals surface area (Å²) in [6.07, 6.45) is 6.43. The van der Waals surface area contributed by atoms with E-state index in [0.29, 0.717) is 11.5 Å². The average Bonchev–Trinajstić information content (AvgIpc) is 2.57. The van der Waals surface area contributed by atoms with E-state index < -0.39 is 0 Å². The van der Waals surface area contributed by atoms with Crippen LogP contribution in [-0.4, -0.2) is 4.98 Å². The summed E-state index contributed by atoms with van der Waals surface area (Å²) in [6.45, 7) is 0. The molecule has 1 heterocycles. The molecular formula is C15H12FN. The zero-order valence-electron chi connectivity index (χ0n) is 9.36. The number of hydrogen-bond acceptors (Lipinski definition) is 1. The Morgan fingerprint density at radius 2 is 2.12 bits per heavy atom. The Hall–Kier alpha value is -1.96. The Morgan fingerprint density at radius 3 is 3.00 bits per heavy atom. The summed E-state index contributed by atoms with van der Waals surface area (Å²) in [7, 11) is 0. The number of aromatic nitrogens is 1. The summed E-state index contributed by atoms with van der Waals surface area (Å²) in [5.74, 6) is 0. The highest BCUT2D eigenvalue weighted by atomic mass is 19.1. The summed E-state index contributed by atoms with van der Waals surface area (Å²) in [4.78, 5) is 4.39. The molecule has 1 aromatic heterocycles. The molecule has 1 aromatic carbocycles. The maximum atomic E-state index is 12.5. The van der Waals surface area contributed by atoms with E-state index in [0.717, 1.165) is 18.5 Å². The highest BCUT2D eigenvalue weighted by Gasteiger charge is 2.07. The molecule has 1 nitrogen and oxygen atoms in total. The smallest absolute Gasteiger partial charge is 0.0939 e. The summed E-state index contributed by atoms with van der Waals surface area (Å²) >= 11 is 0. The Kier molecular flexibility index (Phi) is 2.48. The van der Waals surface area contributed by atoms with Crippen molar-refractivity contribution >= 4 is 12.4 Å². The van der Waals surface area contributed by atoms with Crippen molar-refractivity contribution in [1.29, 1.82) is 0 Å². The first-order chi connectivity index (χ1) is 8.36. The fourth-order valence-corrected chi connectivity index (χ4v) is 2.26. The van der Waals surface area contributed by atoms with E-state index in [1.807, 2.05) is 24.4 Å². The molecule has 0 N–H and O–H groups in total. The minimum atomic E-state index is 0.635. The number of pyridine rings is 1. The maximum Gasteiger partial charge on any atom is 0.0939 e. The van der Waals surface area contributed by atoms with Crippen molar-refractivity contribution in [3.05, 3.63) is 63.8 Å². The zero-order valence-corrected chi connectivity index (χ0v) is 9.36. The summed E-state index contributed by atoms with van der Waals surface area (Å²) in [6, 6.07) is 9.72. The normalized spacial score (nSPS) is 14.5. The maximum absolute atomic E-state index is 12.5. The minimum absolute atomic E-state index is 0.635. The molecule has 0 saturated heterocycles. The van der Waals surface area contributed by atoms with Gasteiger partial charge in [0.05, 0.1) is 6.33 Å². The first-order valence-corrected chi connectivity index (χ1v) is 5.72. The van der Waals surface area contributed by atoms with Gasteiger partial charge in [-0.05, 0) is 47.4 Å². The Labute approximate surface area is 98.9 Å². The Morgan fingerprint density at radius 1 is 1.18 bits per heavy atom. The van der Waals surface area contributed by atoms with Gasteiger partial charge in [0.25, 0.3) is 0 Å². The molecule has 0 bridgehead atoms. The second-order valence-electron chi connectivity index (χ2n) is 4.25. The second-order valence-corrected chi connectivity index (χ2v) is 4.25. The van der Waals surface area contributed by atoms with Gasteiger partial charge in [-0.3, -0.25) is 4.98 Å². The van der Waals surface area contributed by atoms with Gasteiger partial charge in [0.15, 0.2) is 0 Å². The summed E-state index contributed by atoms with van der Waals surface area (Å²) < 4.78 is 12.5. The molecule has 0 radical (unpaired) electrons. The van der Waals surface area contributed by atoms with Gasteiger partial charge in [0, 0.05) is 17.1 Å². The van der Waals surface area contributed by atoms with Crippen molar-refractivity contribution < 1.29 is 4.39 Å². The van der Waals surface area contributed by atoms with Crippen LogP contribution in [0.5, 0.6) is 0 Å². The first-order valence-electron chi connectivity index (χ1n) is 5.72. The highest BCUT2D eigenvalue weighted by molar-refractivity contribution is 5.54. The third-order valence-corrected chi connectivity index (χ3v) is 3.16. The van der Waals surface area contributed by atoms with E-state index in [1.165, 1.54) is 16.3 Å². The van der Waals surface area contributed by atoms with Crippen molar-refractivity contribution in [2.45, 2.75) is 12.8 Å². The minimum Gasteiger partial charge on any atom is -0.261 e. The lowest BCUT2D eigenvalue weighted by atomic mass is 10.1. The Bertz CT molecular complexity index is 674. The number of fused-ring (bicyclic) bond motifs is 2.